The van der Waals surface area contributed by atoms with Gasteiger partial charge in [-0.05, 0) is 32.4 Å². The maximum Gasteiger partial charge on any atom is 0.269 e. The third kappa shape index (κ3) is 3.05. The summed E-state index contributed by atoms with van der Waals surface area (Å²) in [6, 6.07) is 6.26. The minimum atomic E-state index is -0.416. The number of nitro groups is 1. The van der Waals surface area contributed by atoms with Gasteiger partial charge in [0.05, 0.1) is 16.4 Å². The van der Waals surface area contributed by atoms with Crippen molar-refractivity contribution in [3.05, 3.63) is 39.9 Å². The molecule has 2 unspecified atom stereocenters. The molecule has 1 aliphatic rings. The zero-order valence-electron chi connectivity index (χ0n) is 12.6. The number of non-ortho nitro benzene ring substituents is 1. The fraction of sp³-hybridized carbons (Fsp3) is 0.533. The summed E-state index contributed by atoms with van der Waals surface area (Å²) in [4.78, 5) is 24.8. The van der Waals surface area contributed by atoms with Gasteiger partial charge in [-0.15, -0.1) is 0 Å². The minimum absolute atomic E-state index is 0.0499. The van der Waals surface area contributed by atoms with E-state index in [0.29, 0.717) is 6.54 Å². The van der Waals surface area contributed by atoms with E-state index in [1.54, 1.807) is 18.0 Å². The van der Waals surface area contributed by atoms with Gasteiger partial charge < -0.3 is 10.2 Å². The van der Waals surface area contributed by atoms with E-state index in [2.05, 4.69) is 5.32 Å². The average Bonchev–Trinajstić information content (AvgIpc) is 2.93. The van der Waals surface area contributed by atoms with Crippen LogP contribution < -0.4 is 5.32 Å². The Morgan fingerprint density at radius 3 is 2.81 bits per heavy atom. The Bertz CT molecular complexity index is 553. The Kier molecular flexibility index (Phi) is 4.27. The molecule has 0 radical (unpaired) electrons. The Balaban J connectivity index is 2.19. The van der Waals surface area contributed by atoms with E-state index in [-0.39, 0.29) is 23.1 Å². The molecule has 0 aromatic heterocycles. The largest absolute Gasteiger partial charge is 0.338 e. The normalized spacial score (nSPS) is 22.8. The SMILES string of the molecule is CC(c1cccc([N+](=O)[O-])c1)N(C)C(=O)C1(C)CCNC1. The first-order chi connectivity index (χ1) is 9.85. The molecule has 1 aromatic rings. The summed E-state index contributed by atoms with van der Waals surface area (Å²) in [5.74, 6) is 0.0755. The number of carbonyl (C=O) groups is 1. The second-order valence-electron chi connectivity index (χ2n) is 5.93. The van der Waals surface area contributed by atoms with Crippen LogP contribution in [0.3, 0.4) is 0 Å². The number of nitro benzene ring substituents is 1. The summed E-state index contributed by atoms with van der Waals surface area (Å²) in [7, 11) is 1.76. The maximum absolute atomic E-state index is 12.7. The highest BCUT2D eigenvalue weighted by Gasteiger charge is 2.39. The van der Waals surface area contributed by atoms with Crippen LogP contribution in [0, 0.1) is 15.5 Å². The highest BCUT2D eigenvalue weighted by molar-refractivity contribution is 5.83. The van der Waals surface area contributed by atoms with Crippen LogP contribution in [0.2, 0.25) is 0 Å². The van der Waals surface area contributed by atoms with Crippen LogP contribution in [0.25, 0.3) is 0 Å². The van der Waals surface area contributed by atoms with Crippen molar-refractivity contribution in [3.8, 4) is 0 Å². The molecule has 2 atom stereocenters. The summed E-state index contributed by atoms with van der Waals surface area (Å²) in [6.07, 6.45) is 0.817. The van der Waals surface area contributed by atoms with E-state index in [1.807, 2.05) is 19.9 Å². The average molecular weight is 291 g/mol. The molecule has 6 heteroatoms. The number of benzene rings is 1. The molecule has 0 spiro atoms. The molecular formula is C15H21N3O3. The van der Waals surface area contributed by atoms with Gasteiger partial charge in [0.15, 0.2) is 0 Å². The lowest BCUT2D eigenvalue weighted by Gasteiger charge is -2.32. The van der Waals surface area contributed by atoms with Crippen molar-refractivity contribution in [3.63, 3.8) is 0 Å². The van der Waals surface area contributed by atoms with E-state index in [1.165, 1.54) is 12.1 Å². The molecule has 1 aromatic carbocycles. The third-order valence-corrected chi connectivity index (χ3v) is 4.35. The molecule has 2 rings (SSSR count). The van der Waals surface area contributed by atoms with Crippen molar-refractivity contribution in [2.45, 2.75) is 26.3 Å². The fourth-order valence-corrected chi connectivity index (χ4v) is 2.72. The zero-order valence-corrected chi connectivity index (χ0v) is 12.6. The molecule has 1 saturated heterocycles. The van der Waals surface area contributed by atoms with Crippen molar-refractivity contribution >= 4 is 11.6 Å². The Morgan fingerprint density at radius 2 is 2.24 bits per heavy atom. The lowest BCUT2D eigenvalue weighted by atomic mass is 9.87. The van der Waals surface area contributed by atoms with E-state index in [9.17, 15) is 14.9 Å². The molecule has 1 amide bonds. The van der Waals surface area contributed by atoms with Crippen molar-refractivity contribution in [2.24, 2.45) is 5.41 Å². The number of hydrogen-bond acceptors (Lipinski definition) is 4. The molecule has 0 aliphatic carbocycles. The predicted molar refractivity (Wildman–Crippen MR) is 79.9 cm³/mol. The number of nitrogens with one attached hydrogen (secondary N) is 1. The first-order valence-electron chi connectivity index (χ1n) is 7.07. The number of amides is 1. The Morgan fingerprint density at radius 1 is 1.52 bits per heavy atom. The third-order valence-electron chi connectivity index (χ3n) is 4.35. The van der Waals surface area contributed by atoms with E-state index >= 15 is 0 Å². The quantitative estimate of drug-likeness (QED) is 0.681. The van der Waals surface area contributed by atoms with Gasteiger partial charge in [0.1, 0.15) is 0 Å². The number of carbonyl (C=O) groups excluding carboxylic acids is 1. The fourth-order valence-electron chi connectivity index (χ4n) is 2.72. The van der Waals surface area contributed by atoms with Crippen molar-refractivity contribution in [1.82, 2.24) is 10.2 Å². The molecule has 6 nitrogen and oxygen atoms in total. The lowest BCUT2D eigenvalue weighted by Crippen LogP contribution is -2.42. The number of nitrogens with zero attached hydrogens (tertiary/aromatic N) is 2. The van der Waals surface area contributed by atoms with Crippen LogP contribution in [0.5, 0.6) is 0 Å². The second-order valence-corrected chi connectivity index (χ2v) is 5.93. The van der Waals surface area contributed by atoms with Gasteiger partial charge in [0.2, 0.25) is 5.91 Å². The van der Waals surface area contributed by atoms with Crippen molar-refractivity contribution in [2.75, 3.05) is 20.1 Å². The van der Waals surface area contributed by atoms with Crippen LogP contribution >= 0.6 is 0 Å². The monoisotopic (exact) mass is 291 g/mol. The summed E-state index contributed by atoms with van der Waals surface area (Å²) in [6.45, 7) is 5.38. The van der Waals surface area contributed by atoms with E-state index in [4.69, 9.17) is 0 Å². The molecule has 1 fully saturated rings. The van der Waals surface area contributed by atoms with Crippen LogP contribution in [0.1, 0.15) is 31.9 Å². The number of rotatable bonds is 4. The lowest BCUT2D eigenvalue weighted by molar-refractivity contribution is -0.384. The molecule has 21 heavy (non-hydrogen) atoms. The molecule has 1 N–H and O–H groups in total. The van der Waals surface area contributed by atoms with Crippen molar-refractivity contribution < 1.29 is 9.72 Å². The zero-order chi connectivity index (χ0) is 15.6. The van der Waals surface area contributed by atoms with Gasteiger partial charge in [-0.3, -0.25) is 14.9 Å². The number of hydrogen-bond donors (Lipinski definition) is 1. The van der Waals surface area contributed by atoms with Gasteiger partial charge in [-0.1, -0.05) is 12.1 Å². The van der Waals surface area contributed by atoms with Gasteiger partial charge in [0, 0.05) is 25.7 Å². The predicted octanol–water partition coefficient (Wildman–Crippen LogP) is 2.11. The first-order valence-corrected chi connectivity index (χ1v) is 7.07. The molecular weight excluding hydrogens is 270 g/mol. The second kappa shape index (κ2) is 5.81. The topological polar surface area (TPSA) is 75.5 Å². The van der Waals surface area contributed by atoms with Crippen LogP contribution in [-0.2, 0) is 4.79 Å². The van der Waals surface area contributed by atoms with E-state index < -0.39 is 4.92 Å². The molecule has 0 bridgehead atoms. The maximum atomic E-state index is 12.7. The van der Waals surface area contributed by atoms with Crippen molar-refractivity contribution in [1.29, 1.82) is 0 Å². The standard InChI is InChI=1S/C15H21N3O3/c1-11(12-5-4-6-13(9-12)18(20)21)17(3)14(19)15(2)7-8-16-10-15/h4-6,9,11,16H,7-8,10H2,1-3H3. The molecule has 0 saturated carbocycles. The minimum Gasteiger partial charge on any atom is -0.338 e. The van der Waals surface area contributed by atoms with E-state index in [0.717, 1.165) is 18.5 Å². The summed E-state index contributed by atoms with van der Waals surface area (Å²) in [5.41, 5.74) is 0.438. The smallest absolute Gasteiger partial charge is 0.269 e. The summed E-state index contributed by atoms with van der Waals surface area (Å²) in [5, 5.41) is 14.1. The van der Waals surface area contributed by atoms with Crippen LogP contribution in [0.4, 0.5) is 5.69 Å². The molecule has 1 heterocycles. The summed E-state index contributed by atoms with van der Waals surface area (Å²) >= 11 is 0. The molecule has 114 valence electrons. The summed E-state index contributed by atoms with van der Waals surface area (Å²) < 4.78 is 0. The van der Waals surface area contributed by atoms with Crippen LogP contribution in [0.15, 0.2) is 24.3 Å². The van der Waals surface area contributed by atoms with Gasteiger partial charge in [0.25, 0.3) is 5.69 Å². The molecule has 1 aliphatic heterocycles. The van der Waals surface area contributed by atoms with Gasteiger partial charge in [-0.25, -0.2) is 0 Å². The Labute approximate surface area is 124 Å². The Hall–Kier alpha value is -1.95. The first kappa shape index (κ1) is 15.4. The highest BCUT2D eigenvalue weighted by atomic mass is 16.6. The van der Waals surface area contributed by atoms with Gasteiger partial charge in [-0.2, -0.15) is 0 Å². The van der Waals surface area contributed by atoms with Crippen LogP contribution in [-0.4, -0.2) is 35.9 Å². The highest BCUT2D eigenvalue weighted by Crippen LogP contribution is 2.31. The van der Waals surface area contributed by atoms with Gasteiger partial charge >= 0.3 is 0 Å².